The van der Waals surface area contributed by atoms with Crippen LogP contribution in [0.3, 0.4) is 0 Å². The molecule has 0 radical (unpaired) electrons. The van der Waals surface area contributed by atoms with Crippen LogP contribution in [0, 0.1) is 0 Å². The Bertz CT molecular complexity index is 624. The number of hydrogen-bond donors (Lipinski definition) is 0. The van der Waals surface area contributed by atoms with Crippen LogP contribution in [-0.2, 0) is 32.7 Å². The van der Waals surface area contributed by atoms with Gasteiger partial charge in [0.15, 0.2) is 6.10 Å². The van der Waals surface area contributed by atoms with E-state index in [4.69, 9.17) is 18.5 Å². The zero-order chi connectivity index (χ0) is 27.3. The molecule has 0 aromatic carbocycles. The standard InChI is InChI=1S/C26H52NO8P/c1-6-8-10-12-13-14-15-17-19-26(29)35-24(22-32-25(28)18-16-11-9-7-2)23-34-36(30,31)33-21-20-27(3,4)5/h24H,6-23H2,1-5H3. The van der Waals surface area contributed by atoms with Crippen molar-refractivity contribution in [1.82, 2.24) is 0 Å². The van der Waals surface area contributed by atoms with Crippen LogP contribution < -0.4 is 4.89 Å². The minimum Gasteiger partial charge on any atom is -0.756 e. The zero-order valence-electron chi connectivity index (χ0n) is 23.5. The van der Waals surface area contributed by atoms with E-state index in [-0.39, 0.29) is 26.1 Å². The van der Waals surface area contributed by atoms with Crippen molar-refractivity contribution in [2.75, 3.05) is 47.5 Å². The maximum Gasteiger partial charge on any atom is 0.306 e. The summed E-state index contributed by atoms with van der Waals surface area (Å²) in [6, 6.07) is 0. The lowest BCUT2D eigenvalue weighted by molar-refractivity contribution is -0.870. The largest absolute Gasteiger partial charge is 0.756 e. The highest BCUT2D eigenvalue weighted by atomic mass is 31.2. The molecule has 0 saturated heterocycles. The van der Waals surface area contributed by atoms with Gasteiger partial charge in [0.05, 0.1) is 27.7 Å². The third kappa shape index (κ3) is 23.4. The highest BCUT2D eigenvalue weighted by Crippen LogP contribution is 2.38. The number of phosphoric acid groups is 1. The van der Waals surface area contributed by atoms with Crippen LogP contribution in [0.5, 0.6) is 0 Å². The number of unbranched alkanes of at least 4 members (excludes halogenated alkanes) is 10. The molecule has 0 rings (SSSR count). The number of phosphoric ester groups is 1. The fourth-order valence-corrected chi connectivity index (χ4v) is 4.09. The lowest BCUT2D eigenvalue weighted by Gasteiger charge is -2.28. The van der Waals surface area contributed by atoms with Crippen molar-refractivity contribution in [3.8, 4) is 0 Å². The number of esters is 2. The maximum atomic E-state index is 12.3. The average molecular weight is 538 g/mol. The molecule has 0 saturated carbocycles. The topological polar surface area (TPSA) is 111 Å². The average Bonchev–Trinajstić information content (AvgIpc) is 2.79. The van der Waals surface area contributed by atoms with Crippen LogP contribution in [0.2, 0.25) is 0 Å². The predicted molar refractivity (Wildman–Crippen MR) is 139 cm³/mol. The first kappa shape index (κ1) is 35.0. The Balaban J connectivity index is 4.57. The fourth-order valence-electron chi connectivity index (χ4n) is 3.36. The van der Waals surface area contributed by atoms with E-state index < -0.39 is 32.5 Å². The molecule has 2 atom stereocenters. The van der Waals surface area contributed by atoms with Crippen LogP contribution in [0.1, 0.15) is 104 Å². The molecule has 0 heterocycles. The van der Waals surface area contributed by atoms with Crippen molar-refractivity contribution in [2.45, 2.75) is 110 Å². The highest BCUT2D eigenvalue weighted by Gasteiger charge is 2.21. The Kier molecular flexibility index (Phi) is 20.4. The summed E-state index contributed by atoms with van der Waals surface area (Å²) in [5.41, 5.74) is 0. The molecule has 214 valence electrons. The van der Waals surface area contributed by atoms with E-state index in [0.717, 1.165) is 44.9 Å². The van der Waals surface area contributed by atoms with Crippen LogP contribution >= 0.6 is 7.82 Å². The molecule has 0 aliphatic carbocycles. The second-order valence-corrected chi connectivity index (χ2v) is 11.8. The summed E-state index contributed by atoms with van der Waals surface area (Å²) in [5.74, 6) is -0.861. The van der Waals surface area contributed by atoms with Crippen molar-refractivity contribution in [3.05, 3.63) is 0 Å². The number of rotatable bonds is 24. The third-order valence-corrected chi connectivity index (χ3v) is 6.59. The van der Waals surface area contributed by atoms with Gasteiger partial charge in [-0.2, -0.15) is 0 Å². The number of carbonyl (C=O) groups is 2. The number of ether oxygens (including phenoxy) is 2. The zero-order valence-corrected chi connectivity index (χ0v) is 24.4. The van der Waals surface area contributed by atoms with Crippen LogP contribution in [-0.4, -0.2) is 70.0 Å². The molecule has 0 bridgehead atoms. The summed E-state index contributed by atoms with van der Waals surface area (Å²) in [6.07, 6.45) is 12.1. The van der Waals surface area contributed by atoms with Crippen molar-refractivity contribution in [1.29, 1.82) is 0 Å². The summed E-state index contributed by atoms with van der Waals surface area (Å²) in [6.45, 7) is 4.01. The maximum absolute atomic E-state index is 12.3. The van der Waals surface area contributed by atoms with Gasteiger partial charge in [-0.15, -0.1) is 0 Å². The third-order valence-electron chi connectivity index (χ3n) is 5.63. The minimum absolute atomic E-state index is 0.0279. The lowest BCUT2D eigenvalue weighted by Crippen LogP contribution is -2.37. The summed E-state index contributed by atoms with van der Waals surface area (Å²) >= 11 is 0. The number of likely N-dealkylation sites (N-methyl/N-ethyl adjacent to an activating group) is 1. The molecule has 0 aliphatic heterocycles. The molecular weight excluding hydrogens is 485 g/mol. The lowest BCUT2D eigenvalue weighted by atomic mass is 10.1. The van der Waals surface area contributed by atoms with Gasteiger partial charge in [-0.05, 0) is 12.8 Å². The van der Waals surface area contributed by atoms with Gasteiger partial charge >= 0.3 is 11.9 Å². The van der Waals surface area contributed by atoms with Gasteiger partial charge in [-0.3, -0.25) is 14.2 Å². The fraction of sp³-hybridized carbons (Fsp3) is 0.923. The van der Waals surface area contributed by atoms with Gasteiger partial charge in [-0.25, -0.2) is 0 Å². The van der Waals surface area contributed by atoms with E-state index in [1.165, 1.54) is 25.7 Å². The SMILES string of the molecule is CCCCCCCCCCC(=O)OC(COC(=O)CCCCCC)COP(=O)([O-])OCC[N+](C)(C)C. The molecule has 0 aromatic heterocycles. The van der Waals surface area contributed by atoms with Crippen LogP contribution in [0.25, 0.3) is 0 Å². The van der Waals surface area contributed by atoms with E-state index in [9.17, 15) is 19.0 Å². The minimum atomic E-state index is -4.58. The molecule has 0 N–H and O–H groups in total. The molecule has 9 nitrogen and oxygen atoms in total. The highest BCUT2D eigenvalue weighted by molar-refractivity contribution is 7.45. The first-order valence-electron chi connectivity index (χ1n) is 13.7. The van der Waals surface area contributed by atoms with Crippen LogP contribution in [0.4, 0.5) is 0 Å². The monoisotopic (exact) mass is 537 g/mol. The summed E-state index contributed by atoms with van der Waals surface area (Å²) in [7, 11) is 1.16. The van der Waals surface area contributed by atoms with Crippen molar-refractivity contribution in [2.24, 2.45) is 0 Å². The molecule has 0 aliphatic rings. The van der Waals surface area contributed by atoms with Gasteiger partial charge < -0.3 is 27.9 Å². The van der Waals surface area contributed by atoms with E-state index in [1.54, 1.807) is 0 Å². The second-order valence-electron chi connectivity index (χ2n) is 10.4. The van der Waals surface area contributed by atoms with Crippen molar-refractivity contribution < 1.29 is 42.1 Å². The number of hydrogen-bond acceptors (Lipinski definition) is 8. The Morgan fingerprint density at radius 1 is 0.750 bits per heavy atom. The molecule has 0 amide bonds. The van der Waals surface area contributed by atoms with E-state index in [2.05, 4.69) is 13.8 Å². The van der Waals surface area contributed by atoms with E-state index in [0.29, 0.717) is 17.4 Å². The Labute approximate surface area is 219 Å². The molecule has 0 aromatic rings. The first-order chi connectivity index (χ1) is 17.0. The van der Waals surface area contributed by atoms with Gasteiger partial charge in [0, 0.05) is 12.8 Å². The number of nitrogens with zero attached hydrogens (tertiary/aromatic N) is 1. The second kappa shape index (κ2) is 21.0. The molecule has 0 spiro atoms. The van der Waals surface area contributed by atoms with Gasteiger partial charge in [0.1, 0.15) is 19.8 Å². The van der Waals surface area contributed by atoms with Crippen LogP contribution in [0.15, 0.2) is 0 Å². The smallest absolute Gasteiger partial charge is 0.306 e. The first-order valence-corrected chi connectivity index (χ1v) is 15.2. The van der Waals surface area contributed by atoms with Crippen molar-refractivity contribution >= 4 is 19.8 Å². The number of quaternary nitrogens is 1. The Morgan fingerprint density at radius 2 is 1.25 bits per heavy atom. The Hall–Kier alpha value is -0.990. The summed E-state index contributed by atoms with van der Waals surface area (Å²) in [4.78, 5) is 36.5. The van der Waals surface area contributed by atoms with Gasteiger partial charge in [-0.1, -0.05) is 78.1 Å². The number of carbonyl (C=O) groups excluding carboxylic acids is 2. The molecule has 10 heteroatoms. The van der Waals surface area contributed by atoms with E-state index >= 15 is 0 Å². The molecule has 2 unspecified atom stereocenters. The summed E-state index contributed by atoms with van der Waals surface area (Å²) in [5, 5.41) is 0. The predicted octanol–water partition coefficient (Wildman–Crippen LogP) is 5.15. The van der Waals surface area contributed by atoms with Gasteiger partial charge in [0.25, 0.3) is 7.82 Å². The van der Waals surface area contributed by atoms with Gasteiger partial charge in [0.2, 0.25) is 0 Å². The quantitative estimate of drug-likeness (QED) is 0.0719. The molecule has 36 heavy (non-hydrogen) atoms. The Morgan fingerprint density at radius 3 is 1.81 bits per heavy atom. The van der Waals surface area contributed by atoms with E-state index in [1.807, 2.05) is 21.1 Å². The molecular formula is C26H52NO8P. The van der Waals surface area contributed by atoms with Crippen molar-refractivity contribution in [3.63, 3.8) is 0 Å². The normalized spacial score (nSPS) is 14.3. The molecule has 0 fully saturated rings. The summed E-state index contributed by atoms with van der Waals surface area (Å²) < 4.78 is 33.1.